The number of aliphatic hydroxyl groups is 1. The zero-order chi connectivity index (χ0) is 9.73. The Morgan fingerprint density at radius 2 is 2.23 bits per heavy atom. The van der Waals surface area contributed by atoms with Crippen LogP contribution in [0.5, 0.6) is 0 Å². The van der Waals surface area contributed by atoms with Crippen molar-refractivity contribution < 1.29 is 13.9 Å². The van der Waals surface area contributed by atoms with Gasteiger partial charge in [0.2, 0.25) is 0 Å². The summed E-state index contributed by atoms with van der Waals surface area (Å²) in [6.07, 6.45) is 4.16. The Morgan fingerprint density at radius 3 is 2.77 bits per heavy atom. The fourth-order valence-corrected chi connectivity index (χ4v) is 0.666. The summed E-state index contributed by atoms with van der Waals surface area (Å²) in [5, 5.41) is 10.6. The van der Waals surface area contributed by atoms with Gasteiger partial charge in [-0.1, -0.05) is 0 Å². The van der Waals surface area contributed by atoms with Gasteiger partial charge in [-0.2, -0.15) is 0 Å². The molecule has 0 aromatic carbocycles. The summed E-state index contributed by atoms with van der Waals surface area (Å²) in [7, 11) is 0. The molecular weight excluding hydrogens is 180 g/mol. The van der Waals surface area contributed by atoms with Crippen molar-refractivity contribution in [1.29, 1.82) is 0 Å². The van der Waals surface area contributed by atoms with Crippen molar-refractivity contribution in [2.75, 3.05) is 18.5 Å². The number of aromatic nitrogens is 2. The van der Waals surface area contributed by atoms with Gasteiger partial charge < -0.3 is 10.4 Å². The van der Waals surface area contributed by atoms with Crippen LogP contribution in [-0.2, 0) is 0 Å². The smallest absolute Gasteiger partial charge is 0.287 e. The molecule has 4 nitrogen and oxygen atoms in total. The number of halogens is 2. The Labute approximate surface area is 73.6 Å². The van der Waals surface area contributed by atoms with Crippen molar-refractivity contribution >= 4 is 5.82 Å². The molecule has 72 valence electrons. The van der Waals surface area contributed by atoms with E-state index in [1.54, 1.807) is 0 Å². The number of nitrogens with zero attached hydrogens (tertiary/aromatic N) is 2. The fourth-order valence-electron chi connectivity index (χ4n) is 0.666. The highest BCUT2D eigenvalue weighted by molar-refractivity contribution is 5.30. The standard InChI is InChI=1S/C7H9F2N3O/c8-7(9,5-13)4-12-6-3-10-1-2-11-6/h1-3,13H,4-5H2,(H,11,12). The molecule has 6 heteroatoms. The summed E-state index contributed by atoms with van der Waals surface area (Å²) >= 11 is 0. The van der Waals surface area contributed by atoms with Gasteiger partial charge in [-0.25, -0.2) is 13.8 Å². The minimum absolute atomic E-state index is 0.260. The lowest BCUT2D eigenvalue weighted by Crippen LogP contribution is -2.31. The highest BCUT2D eigenvalue weighted by Crippen LogP contribution is 2.12. The van der Waals surface area contributed by atoms with E-state index in [0.717, 1.165) is 0 Å². The van der Waals surface area contributed by atoms with E-state index in [9.17, 15) is 8.78 Å². The van der Waals surface area contributed by atoms with Gasteiger partial charge in [-0.05, 0) is 0 Å². The van der Waals surface area contributed by atoms with Gasteiger partial charge in [-0.15, -0.1) is 0 Å². The molecule has 0 bridgehead atoms. The van der Waals surface area contributed by atoms with Crippen LogP contribution in [0.3, 0.4) is 0 Å². The number of alkyl halides is 2. The van der Waals surface area contributed by atoms with Crippen molar-refractivity contribution in [1.82, 2.24) is 9.97 Å². The maximum atomic E-state index is 12.5. The predicted molar refractivity (Wildman–Crippen MR) is 42.6 cm³/mol. The molecule has 1 aromatic rings. The lowest BCUT2D eigenvalue weighted by Gasteiger charge is -2.13. The molecule has 0 aliphatic heterocycles. The SMILES string of the molecule is OCC(F)(F)CNc1cnccn1. The van der Waals surface area contributed by atoms with Gasteiger partial charge in [0.25, 0.3) is 5.92 Å². The molecule has 13 heavy (non-hydrogen) atoms. The number of rotatable bonds is 4. The maximum absolute atomic E-state index is 12.5. The summed E-state index contributed by atoms with van der Waals surface area (Å²) in [4.78, 5) is 7.41. The Bertz CT molecular complexity index is 255. The van der Waals surface area contributed by atoms with Crippen molar-refractivity contribution in [3.05, 3.63) is 18.6 Å². The molecule has 0 fully saturated rings. The number of hydrogen-bond donors (Lipinski definition) is 2. The van der Waals surface area contributed by atoms with Gasteiger partial charge >= 0.3 is 0 Å². The molecule has 0 aliphatic carbocycles. The molecule has 0 radical (unpaired) electrons. The van der Waals surface area contributed by atoms with Crippen LogP contribution in [0.15, 0.2) is 18.6 Å². The second-order valence-corrected chi connectivity index (χ2v) is 2.46. The average molecular weight is 189 g/mol. The van der Waals surface area contributed by atoms with Crippen LogP contribution in [0.1, 0.15) is 0 Å². The second-order valence-electron chi connectivity index (χ2n) is 2.46. The molecule has 0 amide bonds. The Hall–Kier alpha value is -1.30. The number of nitrogens with one attached hydrogen (secondary N) is 1. The molecule has 0 unspecified atom stereocenters. The summed E-state index contributed by atoms with van der Waals surface area (Å²) in [5.74, 6) is -2.87. The minimum atomic E-state index is -3.13. The maximum Gasteiger partial charge on any atom is 0.287 e. The second kappa shape index (κ2) is 4.08. The van der Waals surface area contributed by atoms with E-state index >= 15 is 0 Å². The lowest BCUT2D eigenvalue weighted by atomic mass is 10.3. The van der Waals surface area contributed by atoms with E-state index in [-0.39, 0.29) is 5.82 Å². The highest BCUT2D eigenvalue weighted by Gasteiger charge is 2.27. The third-order valence-electron chi connectivity index (χ3n) is 1.32. The predicted octanol–water partition coefficient (Wildman–Crippen LogP) is 0.516. The van der Waals surface area contributed by atoms with Crippen LogP contribution in [0.2, 0.25) is 0 Å². The largest absolute Gasteiger partial charge is 0.390 e. The molecule has 0 aliphatic rings. The van der Waals surface area contributed by atoms with E-state index in [4.69, 9.17) is 5.11 Å². The van der Waals surface area contributed by atoms with Crippen LogP contribution in [-0.4, -0.2) is 34.1 Å². The Balaban J connectivity index is 2.44. The van der Waals surface area contributed by atoms with E-state index in [0.29, 0.717) is 0 Å². The van der Waals surface area contributed by atoms with E-state index in [1.807, 2.05) is 0 Å². The fraction of sp³-hybridized carbons (Fsp3) is 0.429. The average Bonchev–Trinajstić information content (AvgIpc) is 2.17. The van der Waals surface area contributed by atoms with Gasteiger partial charge in [0.05, 0.1) is 12.7 Å². The molecule has 0 saturated carbocycles. The normalized spacial score (nSPS) is 11.3. The molecule has 0 saturated heterocycles. The van der Waals surface area contributed by atoms with E-state index in [2.05, 4.69) is 15.3 Å². The zero-order valence-corrected chi connectivity index (χ0v) is 6.74. The molecular formula is C7H9F2N3O. The van der Waals surface area contributed by atoms with Crippen LogP contribution in [0.4, 0.5) is 14.6 Å². The van der Waals surface area contributed by atoms with E-state index < -0.39 is 19.1 Å². The third kappa shape index (κ3) is 3.29. The molecule has 0 spiro atoms. The van der Waals surface area contributed by atoms with E-state index in [1.165, 1.54) is 18.6 Å². The summed E-state index contributed by atoms with van der Waals surface area (Å²) < 4.78 is 25.0. The van der Waals surface area contributed by atoms with Gasteiger partial charge in [0.15, 0.2) is 0 Å². The lowest BCUT2D eigenvalue weighted by molar-refractivity contribution is -0.0373. The molecule has 0 atom stereocenters. The molecule has 1 aromatic heterocycles. The van der Waals surface area contributed by atoms with Crippen LogP contribution in [0.25, 0.3) is 0 Å². The van der Waals surface area contributed by atoms with Gasteiger partial charge in [0, 0.05) is 12.4 Å². The zero-order valence-electron chi connectivity index (χ0n) is 6.74. The summed E-state index contributed by atoms with van der Waals surface area (Å²) in [6, 6.07) is 0. The first kappa shape index (κ1) is 9.79. The Morgan fingerprint density at radius 1 is 1.46 bits per heavy atom. The van der Waals surface area contributed by atoms with Crippen molar-refractivity contribution in [3.63, 3.8) is 0 Å². The highest BCUT2D eigenvalue weighted by atomic mass is 19.3. The molecule has 2 N–H and O–H groups in total. The molecule has 1 heterocycles. The topological polar surface area (TPSA) is 58.0 Å². The summed E-state index contributed by atoms with van der Waals surface area (Å²) in [5.41, 5.74) is 0. The van der Waals surface area contributed by atoms with Crippen molar-refractivity contribution in [3.8, 4) is 0 Å². The number of aliphatic hydroxyl groups excluding tert-OH is 1. The number of anilines is 1. The first-order valence-corrected chi connectivity index (χ1v) is 3.63. The molecule has 1 rings (SSSR count). The first-order chi connectivity index (χ1) is 6.14. The monoisotopic (exact) mass is 189 g/mol. The minimum Gasteiger partial charge on any atom is -0.390 e. The van der Waals surface area contributed by atoms with Gasteiger partial charge in [0.1, 0.15) is 12.4 Å². The summed E-state index contributed by atoms with van der Waals surface area (Å²) in [6.45, 7) is -1.83. The third-order valence-corrected chi connectivity index (χ3v) is 1.32. The number of hydrogen-bond acceptors (Lipinski definition) is 4. The first-order valence-electron chi connectivity index (χ1n) is 3.63. The van der Waals surface area contributed by atoms with Crippen LogP contribution in [0, 0.1) is 0 Å². The van der Waals surface area contributed by atoms with Gasteiger partial charge in [-0.3, -0.25) is 4.98 Å². The van der Waals surface area contributed by atoms with Crippen LogP contribution >= 0.6 is 0 Å². The quantitative estimate of drug-likeness (QED) is 0.724. The van der Waals surface area contributed by atoms with Crippen molar-refractivity contribution in [2.45, 2.75) is 5.92 Å². The van der Waals surface area contributed by atoms with Crippen LogP contribution < -0.4 is 5.32 Å². The van der Waals surface area contributed by atoms with Crippen molar-refractivity contribution in [2.24, 2.45) is 0 Å². The Kier molecular flexibility index (Phi) is 3.07.